The summed E-state index contributed by atoms with van der Waals surface area (Å²) in [5.74, 6) is -0.123. The third-order valence-corrected chi connectivity index (χ3v) is 4.42. The number of benzene rings is 1. The van der Waals surface area contributed by atoms with E-state index >= 15 is 0 Å². The van der Waals surface area contributed by atoms with Crippen molar-refractivity contribution in [2.45, 2.75) is 39.7 Å². The molecule has 1 aliphatic heterocycles. The first-order chi connectivity index (χ1) is 10.9. The predicted molar refractivity (Wildman–Crippen MR) is 87.5 cm³/mol. The fourth-order valence-corrected chi connectivity index (χ4v) is 2.77. The van der Waals surface area contributed by atoms with Crippen molar-refractivity contribution < 1.29 is 14.0 Å². The highest BCUT2D eigenvalue weighted by molar-refractivity contribution is 5.97. The Morgan fingerprint density at radius 1 is 1.17 bits per heavy atom. The quantitative estimate of drug-likeness (QED) is 0.927. The minimum Gasteiger partial charge on any atom is -0.341 e. The predicted octanol–water partition coefficient (Wildman–Crippen LogP) is 2.84. The van der Waals surface area contributed by atoms with Crippen LogP contribution in [0.3, 0.4) is 0 Å². The van der Waals surface area contributed by atoms with Gasteiger partial charge in [0.05, 0.1) is 0 Å². The van der Waals surface area contributed by atoms with E-state index in [0.717, 1.165) is 25.9 Å². The summed E-state index contributed by atoms with van der Waals surface area (Å²) in [4.78, 5) is 26.9. The summed E-state index contributed by atoms with van der Waals surface area (Å²) < 4.78 is 13.0. The highest BCUT2D eigenvalue weighted by atomic mass is 19.1. The lowest BCUT2D eigenvalue weighted by atomic mass is 9.96. The van der Waals surface area contributed by atoms with Crippen LogP contribution in [-0.4, -0.2) is 35.8 Å². The molecule has 0 radical (unpaired) electrons. The van der Waals surface area contributed by atoms with Crippen molar-refractivity contribution in [1.29, 1.82) is 0 Å². The molecular weight excluding hydrogens is 295 g/mol. The zero-order valence-corrected chi connectivity index (χ0v) is 14.0. The Morgan fingerprint density at radius 3 is 2.26 bits per heavy atom. The number of nitrogens with one attached hydrogen (secondary N) is 1. The summed E-state index contributed by atoms with van der Waals surface area (Å²) in [6.07, 6.45) is 2.00. The maximum absolute atomic E-state index is 13.0. The molecule has 1 heterocycles. The van der Waals surface area contributed by atoms with Crippen LogP contribution in [0.25, 0.3) is 0 Å². The molecule has 2 rings (SSSR count). The number of carbonyl (C=O) groups is 2. The Hall–Kier alpha value is -1.91. The average Bonchev–Trinajstić information content (AvgIpc) is 2.53. The van der Waals surface area contributed by atoms with E-state index in [1.807, 2.05) is 18.7 Å². The number of likely N-dealkylation sites (tertiary alicyclic amines) is 1. The molecule has 4 nitrogen and oxygen atoms in total. The highest BCUT2D eigenvalue weighted by Gasteiger charge is 2.30. The summed E-state index contributed by atoms with van der Waals surface area (Å²) in [7, 11) is 0. The lowest BCUT2D eigenvalue weighted by Crippen LogP contribution is -2.52. The maximum Gasteiger partial charge on any atom is 0.251 e. The topological polar surface area (TPSA) is 49.4 Å². The Labute approximate surface area is 137 Å². The minimum atomic E-state index is -0.555. The molecule has 23 heavy (non-hydrogen) atoms. The number of halogens is 1. The molecule has 126 valence electrons. The van der Waals surface area contributed by atoms with Gasteiger partial charge >= 0.3 is 0 Å². The van der Waals surface area contributed by atoms with Crippen molar-refractivity contribution in [3.05, 3.63) is 35.6 Å². The van der Waals surface area contributed by atoms with Gasteiger partial charge in [-0.05, 0) is 48.9 Å². The molecule has 0 unspecified atom stereocenters. The number of hydrogen-bond acceptors (Lipinski definition) is 2. The Morgan fingerprint density at radius 2 is 1.74 bits per heavy atom. The first-order valence-electron chi connectivity index (χ1n) is 8.23. The van der Waals surface area contributed by atoms with E-state index in [4.69, 9.17) is 0 Å². The zero-order valence-electron chi connectivity index (χ0n) is 14.0. The average molecular weight is 320 g/mol. The van der Waals surface area contributed by atoms with Gasteiger partial charge in [0.25, 0.3) is 5.91 Å². The molecule has 5 heteroatoms. The number of nitrogens with zero attached hydrogens (tertiary/aromatic N) is 1. The van der Waals surface area contributed by atoms with Crippen LogP contribution in [0, 0.1) is 17.7 Å². The highest BCUT2D eigenvalue weighted by Crippen LogP contribution is 2.18. The molecule has 0 aliphatic carbocycles. The van der Waals surface area contributed by atoms with Crippen molar-refractivity contribution in [3.63, 3.8) is 0 Å². The van der Waals surface area contributed by atoms with Gasteiger partial charge in [0.1, 0.15) is 11.9 Å². The monoisotopic (exact) mass is 320 g/mol. The van der Waals surface area contributed by atoms with Crippen LogP contribution in [0.1, 0.15) is 44.0 Å². The normalized spacial score (nSPS) is 17.2. The summed E-state index contributed by atoms with van der Waals surface area (Å²) in [5, 5.41) is 2.81. The molecule has 0 saturated carbocycles. The molecule has 1 aromatic rings. The zero-order chi connectivity index (χ0) is 17.0. The van der Waals surface area contributed by atoms with Crippen LogP contribution in [-0.2, 0) is 4.79 Å². The van der Waals surface area contributed by atoms with Crippen molar-refractivity contribution in [3.8, 4) is 0 Å². The lowest BCUT2D eigenvalue weighted by molar-refractivity contribution is -0.135. The van der Waals surface area contributed by atoms with Crippen molar-refractivity contribution >= 4 is 11.8 Å². The maximum atomic E-state index is 13.0. The molecule has 1 atom stereocenters. The van der Waals surface area contributed by atoms with Gasteiger partial charge in [0.15, 0.2) is 0 Å². The van der Waals surface area contributed by atoms with E-state index in [0.29, 0.717) is 11.5 Å². The Balaban J connectivity index is 2.04. The van der Waals surface area contributed by atoms with Crippen LogP contribution < -0.4 is 5.32 Å². The molecule has 1 saturated heterocycles. The number of rotatable bonds is 4. The van der Waals surface area contributed by atoms with Gasteiger partial charge in [-0.25, -0.2) is 4.39 Å². The molecule has 0 bridgehead atoms. The first-order valence-corrected chi connectivity index (χ1v) is 8.23. The van der Waals surface area contributed by atoms with E-state index < -0.39 is 6.04 Å². The molecule has 1 aromatic carbocycles. The van der Waals surface area contributed by atoms with E-state index in [2.05, 4.69) is 12.2 Å². The minimum absolute atomic E-state index is 0.00810. The van der Waals surface area contributed by atoms with Crippen LogP contribution in [0.15, 0.2) is 24.3 Å². The molecule has 0 spiro atoms. The summed E-state index contributed by atoms with van der Waals surface area (Å²) in [6.45, 7) is 7.52. The van der Waals surface area contributed by atoms with Gasteiger partial charge < -0.3 is 10.2 Å². The number of carbonyl (C=O) groups excluding carboxylic acids is 2. The summed E-state index contributed by atoms with van der Waals surface area (Å²) in [5.41, 5.74) is 0.358. The van der Waals surface area contributed by atoms with E-state index in [-0.39, 0.29) is 23.5 Å². The van der Waals surface area contributed by atoms with Gasteiger partial charge in [-0.1, -0.05) is 20.8 Å². The molecule has 1 fully saturated rings. The second-order valence-corrected chi connectivity index (χ2v) is 6.71. The number of hydrogen-bond donors (Lipinski definition) is 1. The molecule has 2 amide bonds. The second-order valence-electron chi connectivity index (χ2n) is 6.71. The van der Waals surface area contributed by atoms with Crippen LogP contribution in [0.4, 0.5) is 4.39 Å². The van der Waals surface area contributed by atoms with E-state index in [1.165, 1.54) is 24.3 Å². The molecule has 1 aliphatic rings. The van der Waals surface area contributed by atoms with Crippen LogP contribution in [0.2, 0.25) is 0 Å². The van der Waals surface area contributed by atoms with Gasteiger partial charge in [0.2, 0.25) is 5.91 Å². The third-order valence-electron chi connectivity index (χ3n) is 4.42. The molecular formula is C18H25FN2O2. The van der Waals surface area contributed by atoms with E-state index in [1.54, 1.807) is 0 Å². The molecule has 0 aromatic heterocycles. The lowest BCUT2D eigenvalue weighted by Gasteiger charge is -2.34. The largest absolute Gasteiger partial charge is 0.341 e. The summed E-state index contributed by atoms with van der Waals surface area (Å²) >= 11 is 0. The SMILES string of the molecule is CC1CCN(C(=O)[C@@H](NC(=O)c2ccc(F)cc2)C(C)C)CC1. The fraction of sp³-hybridized carbons (Fsp3) is 0.556. The van der Waals surface area contributed by atoms with Gasteiger partial charge in [0, 0.05) is 18.7 Å². The number of amides is 2. The van der Waals surface area contributed by atoms with Crippen LogP contribution >= 0.6 is 0 Å². The first kappa shape index (κ1) is 17.4. The van der Waals surface area contributed by atoms with Crippen molar-refractivity contribution in [2.24, 2.45) is 11.8 Å². The number of piperidine rings is 1. The Kier molecular flexibility index (Phi) is 5.74. The van der Waals surface area contributed by atoms with Crippen molar-refractivity contribution in [2.75, 3.05) is 13.1 Å². The molecule has 1 N–H and O–H groups in total. The standard InChI is InChI=1S/C18H25FN2O2/c1-12(2)16(18(23)21-10-8-13(3)9-11-21)20-17(22)14-4-6-15(19)7-5-14/h4-7,12-13,16H,8-11H2,1-3H3,(H,20,22)/t16-/m0/s1. The van der Waals surface area contributed by atoms with Gasteiger partial charge in [-0.2, -0.15) is 0 Å². The fourth-order valence-electron chi connectivity index (χ4n) is 2.77. The second kappa shape index (κ2) is 7.57. The third kappa shape index (κ3) is 4.53. The van der Waals surface area contributed by atoms with Crippen molar-refractivity contribution in [1.82, 2.24) is 10.2 Å². The van der Waals surface area contributed by atoms with E-state index in [9.17, 15) is 14.0 Å². The van der Waals surface area contributed by atoms with Crippen LogP contribution in [0.5, 0.6) is 0 Å². The van der Waals surface area contributed by atoms with Gasteiger partial charge in [-0.15, -0.1) is 0 Å². The smallest absolute Gasteiger partial charge is 0.251 e. The Bertz CT molecular complexity index is 549. The van der Waals surface area contributed by atoms with Gasteiger partial charge in [-0.3, -0.25) is 9.59 Å². The summed E-state index contributed by atoms with van der Waals surface area (Å²) in [6, 6.07) is 4.78.